The van der Waals surface area contributed by atoms with Gasteiger partial charge in [0.2, 0.25) is 0 Å². The van der Waals surface area contributed by atoms with Crippen molar-refractivity contribution in [2.45, 2.75) is 19.8 Å². The van der Waals surface area contributed by atoms with Crippen LogP contribution in [-0.2, 0) is 0 Å². The summed E-state index contributed by atoms with van der Waals surface area (Å²) in [6, 6.07) is 9.66. The van der Waals surface area contributed by atoms with Gasteiger partial charge < -0.3 is 4.90 Å². The topological polar surface area (TPSA) is 33.2 Å². The maximum absolute atomic E-state index is 12.5. The first-order valence-corrected chi connectivity index (χ1v) is 6.88. The number of pyridine rings is 1. The molecule has 0 spiro atoms. The molecule has 1 saturated heterocycles. The van der Waals surface area contributed by atoms with E-state index >= 15 is 0 Å². The molecule has 3 rings (SSSR count). The van der Waals surface area contributed by atoms with Crippen molar-refractivity contribution in [3.63, 3.8) is 0 Å². The zero-order valence-electron chi connectivity index (χ0n) is 11.2. The monoisotopic (exact) mass is 254 g/mol. The molecule has 3 nitrogen and oxygen atoms in total. The number of carbonyl (C=O) groups excluding carboxylic acids is 1. The third-order valence-electron chi connectivity index (χ3n) is 3.92. The predicted molar refractivity (Wildman–Crippen MR) is 76.0 cm³/mol. The molecule has 1 fully saturated rings. The predicted octanol–water partition coefficient (Wildman–Crippen LogP) is 3.11. The number of aromatic nitrogens is 1. The highest BCUT2D eigenvalue weighted by Crippen LogP contribution is 2.20. The van der Waals surface area contributed by atoms with E-state index in [1.54, 1.807) is 6.20 Å². The van der Waals surface area contributed by atoms with Crippen LogP contribution in [0, 0.1) is 5.92 Å². The molecule has 3 heteroatoms. The van der Waals surface area contributed by atoms with Gasteiger partial charge in [-0.15, -0.1) is 0 Å². The highest BCUT2D eigenvalue weighted by molar-refractivity contribution is 5.97. The second-order valence-corrected chi connectivity index (χ2v) is 5.39. The minimum Gasteiger partial charge on any atom is -0.339 e. The number of amides is 1. The van der Waals surface area contributed by atoms with Crippen molar-refractivity contribution < 1.29 is 4.79 Å². The maximum Gasteiger partial charge on any atom is 0.253 e. The van der Waals surface area contributed by atoms with Crippen LogP contribution in [0.2, 0.25) is 0 Å². The van der Waals surface area contributed by atoms with E-state index in [-0.39, 0.29) is 5.91 Å². The lowest BCUT2D eigenvalue weighted by molar-refractivity contribution is 0.0697. The first-order valence-electron chi connectivity index (χ1n) is 6.88. The Labute approximate surface area is 113 Å². The Balaban J connectivity index is 1.85. The van der Waals surface area contributed by atoms with Gasteiger partial charge in [-0.05, 0) is 43.0 Å². The molecule has 0 atom stereocenters. The van der Waals surface area contributed by atoms with E-state index in [0.717, 1.165) is 48.3 Å². The average molecular weight is 254 g/mol. The summed E-state index contributed by atoms with van der Waals surface area (Å²) in [7, 11) is 0. The second kappa shape index (κ2) is 5.00. The van der Waals surface area contributed by atoms with Crippen molar-refractivity contribution >= 4 is 16.8 Å². The third-order valence-corrected chi connectivity index (χ3v) is 3.92. The minimum atomic E-state index is 0.151. The van der Waals surface area contributed by atoms with Crippen LogP contribution in [0.25, 0.3) is 10.9 Å². The summed E-state index contributed by atoms with van der Waals surface area (Å²) in [4.78, 5) is 18.7. The highest BCUT2D eigenvalue weighted by atomic mass is 16.2. The van der Waals surface area contributed by atoms with Gasteiger partial charge in [-0.3, -0.25) is 9.78 Å². The number of fused-ring (bicyclic) bond motifs is 1. The Hall–Kier alpha value is -1.90. The lowest BCUT2D eigenvalue weighted by Crippen LogP contribution is -2.37. The van der Waals surface area contributed by atoms with Crippen LogP contribution in [0.4, 0.5) is 0 Å². The number of piperidine rings is 1. The summed E-state index contributed by atoms with van der Waals surface area (Å²) < 4.78 is 0. The normalized spacial score (nSPS) is 16.8. The fourth-order valence-electron chi connectivity index (χ4n) is 2.60. The summed E-state index contributed by atoms with van der Waals surface area (Å²) in [5, 5.41) is 1.03. The van der Waals surface area contributed by atoms with Crippen LogP contribution < -0.4 is 0 Å². The summed E-state index contributed by atoms with van der Waals surface area (Å²) in [6.07, 6.45) is 4.00. The van der Waals surface area contributed by atoms with Crippen molar-refractivity contribution in [1.29, 1.82) is 0 Å². The van der Waals surface area contributed by atoms with Gasteiger partial charge >= 0.3 is 0 Å². The summed E-state index contributed by atoms with van der Waals surface area (Å²) >= 11 is 0. The number of benzene rings is 1. The second-order valence-electron chi connectivity index (χ2n) is 5.39. The molecule has 1 aromatic heterocycles. The van der Waals surface area contributed by atoms with Crippen LogP contribution >= 0.6 is 0 Å². The molecule has 0 aliphatic carbocycles. The van der Waals surface area contributed by atoms with Gasteiger partial charge in [-0.2, -0.15) is 0 Å². The number of carbonyl (C=O) groups is 1. The van der Waals surface area contributed by atoms with Gasteiger partial charge in [-0.25, -0.2) is 0 Å². The van der Waals surface area contributed by atoms with E-state index in [9.17, 15) is 4.79 Å². The van der Waals surface area contributed by atoms with Crippen LogP contribution in [0.15, 0.2) is 36.5 Å². The smallest absolute Gasteiger partial charge is 0.253 e. The lowest BCUT2D eigenvalue weighted by Gasteiger charge is -2.30. The Morgan fingerprint density at radius 2 is 2.05 bits per heavy atom. The van der Waals surface area contributed by atoms with Crippen LogP contribution in [0.3, 0.4) is 0 Å². The molecule has 0 radical (unpaired) electrons. The molecule has 98 valence electrons. The van der Waals surface area contributed by atoms with E-state index in [0.29, 0.717) is 0 Å². The number of nitrogens with zero attached hydrogens (tertiary/aromatic N) is 2. The van der Waals surface area contributed by atoms with Crippen molar-refractivity contribution in [3.8, 4) is 0 Å². The van der Waals surface area contributed by atoms with Gasteiger partial charge in [0.25, 0.3) is 5.91 Å². The van der Waals surface area contributed by atoms with Crippen molar-refractivity contribution in [2.24, 2.45) is 5.92 Å². The number of hydrogen-bond acceptors (Lipinski definition) is 2. The molecular weight excluding hydrogens is 236 g/mol. The first kappa shape index (κ1) is 12.2. The quantitative estimate of drug-likeness (QED) is 0.783. The molecule has 0 saturated carbocycles. The van der Waals surface area contributed by atoms with Crippen LogP contribution in [-0.4, -0.2) is 28.9 Å². The lowest BCUT2D eigenvalue weighted by atomic mass is 9.98. The molecule has 1 aromatic carbocycles. The van der Waals surface area contributed by atoms with Gasteiger partial charge in [0.1, 0.15) is 0 Å². The Bertz CT molecular complexity index is 600. The fourth-order valence-corrected chi connectivity index (χ4v) is 2.60. The van der Waals surface area contributed by atoms with E-state index in [1.807, 2.05) is 35.2 Å². The molecule has 2 aromatic rings. The van der Waals surface area contributed by atoms with Gasteiger partial charge in [-0.1, -0.05) is 13.0 Å². The number of rotatable bonds is 1. The Morgan fingerprint density at radius 3 is 2.84 bits per heavy atom. The van der Waals surface area contributed by atoms with E-state index in [2.05, 4.69) is 11.9 Å². The van der Waals surface area contributed by atoms with E-state index < -0.39 is 0 Å². The summed E-state index contributed by atoms with van der Waals surface area (Å²) in [5.41, 5.74) is 1.71. The van der Waals surface area contributed by atoms with Crippen molar-refractivity contribution in [3.05, 3.63) is 42.1 Å². The van der Waals surface area contributed by atoms with Crippen molar-refractivity contribution in [1.82, 2.24) is 9.88 Å². The van der Waals surface area contributed by atoms with Gasteiger partial charge in [0.15, 0.2) is 0 Å². The van der Waals surface area contributed by atoms with Crippen LogP contribution in [0.5, 0.6) is 0 Å². The average Bonchev–Trinajstić information content (AvgIpc) is 2.47. The zero-order chi connectivity index (χ0) is 13.2. The van der Waals surface area contributed by atoms with E-state index in [1.165, 1.54) is 0 Å². The molecule has 1 aliphatic rings. The summed E-state index contributed by atoms with van der Waals surface area (Å²) in [5.74, 6) is 0.891. The van der Waals surface area contributed by atoms with Crippen molar-refractivity contribution in [2.75, 3.05) is 13.1 Å². The molecule has 1 aliphatic heterocycles. The van der Waals surface area contributed by atoms with Crippen LogP contribution in [0.1, 0.15) is 30.1 Å². The molecule has 2 heterocycles. The van der Waals surface area contributed by atoms with Gasteiger partial charge in [0, 0.05) is 30.2 Å². The number of likely N-dealkylation sites (tertiary alicyclic amines) is 1. The molecule has 0 unspecified atom stereocenters. The molecule has 1 amide bonds. The van der Waals surface area contributed by atoms with E-state index in [4.69, 9.17) is 0 Å². The Morgan fingerprint density at radius 1 is 1.26 bits per heavy atom. The zero-order valence-corrected chi connectivity index (χ0v) is 11.2. The largest absolute Gasteiger partial charge is 0.339 e. The molecule has 19 heavy (non-hydrogen) atoms. The molecule has 0 bridgehead atoms. The minimum absolute atomic E-state index is 0.151. The van der Waals surface area contributed by atoms with Gasteiger partial charge in [0.05, 0.1) is 5.52 Å². The standard InChI is InChI=1S/C16H18N2O/c1-12-6-9-18(10-7-12)16(19)14-4-5-15-13(11-14)3-2-8-17-15/h2-5,8,11-12H,6-7,9-10H2,1H3. The highest BCUT2D eigenvalue weighted by Gasteiger charge is 2.21. The molecular formula is C16H18N2O. The fraction of sp³-hybridized carbons (Fsp3) is 0.375. The Kier molecular flexibility index (Phi) is 3.20. The number of hydrogen-bond donors (Lipinski definition) is 0. The SMILES string of the molecule is CC1CCN(C(=O)c2ccc3ncccc3c2)CC1. The molecule has 0 N–H and O–H groups in total. The third kappa shape index (κ3) is 2.46. The summed E-state index contributed by atoms with van der Waals surface area (Å²) in [6.45, 7) is 4.01. The first-order chi connectivity index (χ1) is 9.24. The maximum atomic E-state index is 12.5.